The van der Waals surface area contributed by atoms with Gasteiger partial charge in [-0.25, -0.2) is 0 Å². The molecule has 1 amide bonds. The highest BCUT2D eigenvalue weighted by atomic mass is 79.9. The number of rotatable bonds is 5. The largest absolute Gasteiger partial charge is 0.496 e. The Balaban J connectivity index is 1.66. The van der Waals surface area contributed by atoms with Gasteiger partial charge in [0.05, 0.1) is 40.4 Å². The number of amides is 1. The minimum atomic E-state index is -0.0270. The molecule has 0 radical (unpaired) electrons. The van der Waals surface area contributed by atoms with Gasteiger partial charge in [-0.15, -0.1) is 0 Å². The Morgan fingerprint density at radius 2 is 1.69 bits per heavy atom. The predicted octanol–water partition coefficient (Wildman–Crippen LogP) is 2.01. The van der Waals surface area contributed by atoms with E-state index in [2.05, 4.69) is 34.1 Å². The van der Waals surface area contributed by atoms with Crippen molar-refractivity contribution in [3.8, 4) is 11.5 Å². The number of benzene rings is 2. The number of halogens is 1. The SMILES string of the molecule is COc1cccc(OC)c1C(=O)N1CC[NH+](Cc2cccc(Br)c2)CC1. The molecule has 0 spiro atoms. The number of hydrogen-bond acceptors (Lipinski definition) is 3. The van der Waals surface area contributed by atoms with Crippen molar-refractivity contribution < 1.29 is 19.2 Å². The van der Waals surface area contributed by atoms with Crippen LogP contribution in [0.3, 0.4) is 0 Å². The zero-order chi connectivity index (χ0) is 18.5. The van der Waals surface area contributed by atoms with Crippen LogP contribution in [0.1, 0.15) is 15.9 Å². The van der Waals surface area contributed by atoms with Crippen LogP contribution in [-0.4, -0.2) is 51.2 Å². The van der Waals surface area contributed by atoms with Crippen LogP contribution in [0.4, 0.5) is 0 Å². The van der Waals surface area contributed by atoms with Crippen molar-refractivity contribution in [2.75, 3.05) is 40.4 Å². The van der Waals surface area contributed by atoms with Crippen LogP contribution in [0.25, 0.3) is 0 Å². The van der Waals surface area contributed by atoms with E-state index in [1.54, 1.807) is 26.4 Å². The number of nitrogens with zero attached hydrogens (tertiary/aromatic N) is 1. The molecule has 1 N–H and O–H groups in total. The van der Waals surface area contributed by atoms with Gasteiger partial charge in [-0.1, -0.05) is 34.1 Å². The first-order chi connectivity index (χ1) is 12.6. The van der Waals surface area contributed by atoms with Crippen molar-refractivity contribution in [1.29, 1.82) is 0 Å². The first-order valence-corrected chi connectivity index (χ1v) is 9.50. The Labute approximate surface area is 162 Å². The molecule has 1 heterocycles. The molecular weight excluding hydrogens is 396 g/mol. The van der Waals surface area contributed by atoms with Gasteiger partial charge in [0, 0.05) is 10.0 Å². The summed E-state index contributed by atoms with van der Waals surface area (Å²) in [5, 5.41) is 0. The van der Waals surface area contributed by atoms with Gasteiger partial charge in [0.2, 0.25) is 0 Å². The Morgan fingerprint density at radius 1 is 1.08 bits per heavy atom. The number of quaternary nitrogens is 1. The zero-order valence-electron chi connectivity index (χ0n) is 15.1. The molecule has 0 aliphatic carbocycles. The maximum Gasteiger partial charge on any atom is 0.261 e. The molecule has 2 aromatic rings. The second kappa shape index (κ2) is 8.56. The number of carbonyl (C=O) groups is 1. The quantitative estimate of drug-likeness (QED) is 0.805. The lowest BCUT2D eigenvalue weighted by molar-refractivity contribution is -0.917. The molecule has 0 aromatic heterocycles. The van der Waals surface area contributed by atoms with Crippen LogP contribution in [0.2, 0.25) is 0 Å². The van der Waals surface area contributed by atoms with Gasteiger partial charge in [-0.3, -0.25) is 4.79 Å². The van der Waals surface area contributed by atoms with E-state index >= 15 is 0 Å². The van der Waals surface area contributed by atoms with Gasteiger partial charge in [0.15, 0.2) is 0 Å². The van der Waals surface area contributed by atoms with Crippen molar-refractivity contribution in [3.05, 3.63) is 58.1 Å². The number of methoxy groups -OCH3 is 2. The summed E-state index contributed by atoms with van der Waals surface area (Å²) in [6.45, 7) is 4.28. The summed E-state index contributed by atoms with van der Waals surface area (Å²) in [4.78, 5) is 16.4. The summed E-state index contributed by atoms with van der Waals surface area (Å²) in [6.07, 6.45) is 0. The van der Waals surface area contributed by atoms with E-state index in [0.29, 0.717) is 17.1 Å². The zero-order valence-corrected chi connectivity index (χ0v) is 16.7. The third kappa shape index (κ3) is 4.19. The van der Waals surface area contributed by atoms with Crippen molar-refractivity contribution in [1.82, 2.24) is 4.90 Å². The van der Waals surface area contributed by atoms with E-state index in [4.69, 9.17) is 9.47 Å². The Hall–Kier alpha value is -2.05. The Kier molecular flexibility index (Phi) is 6.16. The molecule has 3 rings (SSSR count). The van der Waals surface area contributed by atoms with E-state index in [-0.39, 0.29) is 5.91 Å². The third-order valence-corrected chi connectivity index (χ3v) is 5.24. The van der Waals surface area contributed by atoms with Gasteiger partial charge in [0.1, 0.15) is 23.6 Å². The maximum absolute atomic E-state index is 13.0. The normalized spacial score (nSPS) is 15.0. The highest BCUT2D eigenvalue weighted by Crippen LogP contribution is 2.29. The summed E-state index contributed by atoms with van der Waals surface area (Å²) < 4.78 is 11.9. The molecule has 1 fully saturated rings. The molecule has 1 aliphatic rings. The monoisotopic (exact) mass is 419 g/mol. The van der Waals surface area contributed by atoms with Crippen LogP contribution >= 0.6 is 15.9 Å². The van der Waals surface area contributed by atoms with Gasteiger partial charge < -0.3 is 19.3 Å². The summed E-state index contributed by atoms with van der Waals surface area (Å²) in [5.74, 6) is 1.08. The number of ether oxygens (including phenoxy) is 2. The summed E-state index contributed by atoms with van der Waals surface area (Å²) in [7, 11) is 3.15. The van der Waals surface area contributed by atoms with Crippen molar-refractivity contribution in [3.63, 3.8) is 0 Å². The van der Waals surface area contributed by atoms with E-state index in [9.17, 15) is 4.79 Å². The molecule has 6 heteroatoms. The highest BCUT2D eigenvalue weighted by molar-refractivity contribution is 9.10. The number of piperazine rings is 1. The minimum Gasteiger partial charge on any atom is -0.496 e. The van der Waals surface area contributed by atoms with E-state index in [1.165, 1.54) is 10.5 Å². The van der Waals surface area contributed by atoms with Crippen molar-refractivity contribution >= 4 is 21.8 Å². The summed E-state index contributed by atoms with van der Waals surface area (Å²) >= 11 is 3.52. The fraction of sp³-hybridized carbons (Fsp3) is 0.350. The van der Waals surface area contributed by atoms with Gasteiger partial charge in [-0.05, 0) is 24.3 Å². The van der Waals surface area contributed by atoms with E-state index < -0.39 is 0 Å². The van der Waals surface area contributed by atoms with Crippen LogP contribution in [-0.2, 0) is 6.54 Å². The topological polar surface area (TPSA) is 43.2 Å². The summed E-state index contributed by atoms with van der Waals surface area (Å²) in [5.41, 5.74) is 1.81. The maximum atomic E-state index is 13.0. The number of carbonyl (C=O) groups excluding carboxylic acids is 1. The lowest BCUT2D eigenvalue weighted by Gasteiger charge is -2.32. The molecular formula is C20H24BrN2O3+. The molecule has 5 nitrogen and oxygen atoms in total. The van der Waals surface area contributed by atoms with E-state index in [0.717, 1.165) is 37.2 Å². The van der Waals surface area contributed by atoms with Crippen molar-refractivity contribution in [2.24, 2.45) is 0 Å². The Morgan fingerprint density at radius 3 is 2.27 bits per heavy atom. The van der Waals surface area contributed by atoms with Crippen LogP contribution in [0.5, 0.6) is 11.5 Å². The molecule has 2 aromatic carbocycles. The smallest absolute Gasteiger partial charge is 0.261 e. The highest BCUT2D eigenvalue weighted by Gasteiger charge is 2.28. The molecule has 0 atom stereocenters. The molecule has 26 heavy (non-hydrogen) atoms. The predicted molar refractivity (Wildman–Crippen MR) is 104 cm³/mol. The third-order valence-electron chi connectivity index (χ3n) is 4.74. The second-order valence-electron chi connectivity index (χ2n) is 6.39. The first-order valence-electron chi connectivity index (χ1n) is 8.70. The van der Waals surface area contributed by atoms with Gasteiger partial charge >= 0.3 is 0 Å². The number of nitrogens with one attached hydrogen (secondary N) is 1. The average molecular weight is 420 g/mol. The van der Waals surface area contributed by atoms with Crippen LogP contribution < -0.4 is 14.4 Å². The fourth-order valence-electron chi connectivity index (χ4n) is 3.36. The minimum absolute atomic E-state index is 0.0270. The molecule has 0 unspecified atom stereocenters. The lowest BCUT2D eigenvalue weighted by Crippen LogP contribution is -3.13. The molecule has 0 saturated carbocycles. The standard InChI is InChI=1S/C20H23BrN2O3/c1-25-17-7-4-8-18(26-2)19(17)20(24)23-11-9-22(10-12-23)14-15-5-3-6-16(21)13-15/h3-8,13H,9-12,14H2,1-2H3/p+1. The van der Waals surface area contributed by atoms with Crippen molar-refractivity contribution in [2.45, 2.75) is 6.54 Å². The molecule has 0 bridgehead atoms. The lowest BCUT2D eigenvalue weighted by atomic mass is 10.1. The second-order valence-corrected chi connectivity index (χ2v) is 7.30. The first kappa shape index (κ1) is 18.7. The van der Waals surface area contributed by atoms with Gasteiger partial charge in [0.25, 0.3) is 5.91 Å². The molecule has 1 aliphatic heterocycles. The van der Waals surface area contributed by atoms with Crippen LogP contribution in [0.15, 0.2) is 46.9 Å². The van der Waals surface area contributed by atoms with Crippen LogP contribution in [0, 0.1) is 0 Å². The molecule has 138 valence electrons. The molecule has 1 saturated heterocycles. The van der Waals surface area contributed by atoms with E-state index in [1.807, 2.05) is 17.0 Å². The average Bonchev–Trinajstić information content (AvgIpc) is 2.67. The Bertz CT molecular complexity index is 751. The summed E-state index contributed by atoms with van der Waals surface area (Å²) in [6, 6.07) is 13.8. The fourth-order valence-corrected chi connectivity index (χ4v) is 3.81. The number of hydrogen-bond donors (Lipinski definition) is 1. The van der Waals surface area contributed by atoms with Gasteiger partial charge in [-0.2, -0.15) is 0 Å².